The Balaban J connectivity index is 1.59. The Hall–Kier alpha value is -2.50. The molecule has 0 radical (unpaired) electrons. The van der Waals surface area contributed by atoms with E-state index in [0.29, 0.717) is 5.92 Å². The maximum atomic E-state index is 13.4. The molecule has 0 unspecified atom stereocenters. The molecule has 3 aromatic rings. The summed E-state index contributed by atoms with van der Waals surface area (Å²) in [6.45, 7) is 6.28. The molecule has 0 aliphatic heterocycles. The normalized spacial score (nSPS) is 20.3. The first-order valence-corrected chi connectivity index (χ1v) is 8.15. The fourth-order valence-electron chi connectivity index (χ4n) is 3.09. The summed E-state index contributed by atoms with van der Waals surface area (Å²) in [5.41, 5.74) is 1.71. The Morgan fingerprint density at radius 2 is 2.08 bits per heavy atom. The van der Waals surface area contributed by atoms with Crippen LogP contribution in [0.2, 0.25) is 0 Å². The summed E-state index contributed by atoms with van der Waals surface area (Å²) in [7, 11) is 0. The van der Waals surface area contributed by atoms with Gasteiger partial charge in [0.15, 0.2) is 5.65 Å². The third-order valence-electron chi connectivity index (χ3n) is 4.39. The van der Waals surface area contributed by atoms with Crippen LogP contribution in [0.4, 0.5) is 10.2 Å². The van der Waals surface area contributed by atoms with Crippen LogP contribution in [-0.4, -0.2) is 25.8 Å². The number of benzene rings is 1. The molecular weight excluding hydrogens is 305 g/mol. The van der Waals surface area contributed by atoms with Crippen molar-refractivity contribution >= 4 is 16.9 Å². The molecule has 1 aromatic carbocycles. The van der Waals surface area contributed by atoms with Crippen molar-refractivity contribution in [3.8, 4) is 0 Å². The second-order valence-electron chi connectivity index (χ2n) is 7.33. The van der Waals surface area contributed by atoms with Crippen LogP contribution in [0.5, 0.6) is 0 Å². The first-order valence-electron chi connectivity index (χ1n) is 8.15. The van der Waals surface area contributed by atoms with Crippen LogP contribution in [0.25, 0.3) is 11.0 Å². The summed E-state index contributed by atoms with van der Waals surface area (Å²) >= 11 is 0. The quantitative estimate of drug-likeness (QED) is 0.798. The molecular formula is C18H20FN5. The predicted octanol–water partition coefficient (Wildman–Crippen LogP) is 3.69. The molecule has 1 fully saturated rings. The third-order valence-corrected chi connectivity index (χ3v) is 4.39. The van der Waals surface area contributed by atoms with Crippen LogP contribution in [0.15, 0.2) is 36.8 Å². The van der Waals surface area contributed by atoms with Crippen LogP contribution >= 0.6 is 0 Å². The first kappa shape index (κ1) is 15.1. The van der Waals surface area contributed by atoms with Gasteiger partial charge in [-0.25, -0.2) is 19.0 Å². The molecule has 0 saturated heterocycles. The third kappa shape index (κ3) is 2.62. The maximum absolute atomic E-state index is 13.4. The van der Waals surface area contributed by atoms with E-state index in [1.54, 1.807) is 18.5 Å². The van der Waals surface area contributed by atoms with Crippen molar-refractivity contribution in [1.82, 2.24) is 19.7 Å². The Morgan fingerprint density at radius 3 is 2.83 bits per heavy atom. The number of hydrogen-bond acceptors (Lipinski definition) is 4. The van der Waals surface area contributed by atoms with Gasteiger partial charge in [0.05, 0.1) is 17.1 Å². The van der Waals surface area contributed by atoms with E-state index in [9.17, 15) is 4.39 Å². The molecule has 1 aliphatic carbocycles. The van der Waals surface area contributed by atoms with Crippen molar-refractivity contribution < 1.29 is 4.39 Å². The fourth-order valence-corrected chi connectivity index (χ4v) is 3.09. The summed E-state index contributed by atoms with van der Waals surface area (Å²) in [4.78, 5) is 8.76. The second kappa shape index (κ2) is 5.26. The Labute approximate surface area is 139 Å². The van der Waals surface area contributed by atoms with Crippen molar-refractivity contribution in [2.24, 2.45) is 0 Å². The number of fused-ring (bicyclic) bond motifs is 1. The molecule has 1 saturated carbocycles. The van der Waals surface area contributed by atoms with Crippen molar-refractivity contribution in [2.45, 2.75) is 44.7 Å². The monoisotopic (exact) mass is 325 g/mol. The van der Waals surface area contributed by atoms with E-state index >= 15 is 0 Å². The highest BCUT2D eigenvalue weighted by Gasteiger charge is 2.39. The van der Waals surface area contributed by atoms with Crippen LogP contribution in [-0.2, 0) is 5.54 Å². The lowest BCUT2D eigenvalue weighted by atomic mass is 10.1. The molecule has 2 aromatic heterocycles. The van der Waals surface area contributed by atoms with E-state index in [1.165, 1.54) is 6.07 Å². The van der Waals surface area contributed by atoms with Crippen molar-refractivity contribution in [3.63, 3.8) is 0 Å². The van der Waals surface area contributed by atoms with Gasteiger partial charge in [-0.2, -0.15) is 5.10 Å². The Bertz CT molecular complexity index is 896. The fraction of sp³-hybridized carbons (Fsp3) is 0.389. The summed E-state index contributed by atoms with van der Waals surface area (Å²) in [5, 5.41) is 8.85. The molecule has 4 rings (SSSR count). The number of anilines is 1. The molecule has 1 N–H and O–H groups in total. The van der Waals surface area contributed by atoms with Gasteiger partial charge >= 0.3 is 0 Å². The van der Waals surface area contributed by atoms with Gasteiger partial charge in [0, 0.05) is 12.0 Å². The van der Waals surface area contributed by atoms with E-state index in [4.69, 9.17) is 0 Å². The molecule has 24 heavy (non-hydrogen) atoms. The average molecular weight is 325 g/mol. The number of rotatable bonds is 3. The largest absolute Gasteiger partial charge is 0.366 e. The highest BCUT2D eigenvalue weighted by atomic mass is 19.1. The molecule has 124 valence electrons. The summed E-state index contributed by atoms with van der Waals surface area (Å²) in [6, 6.07) is 7.09. The SMILES string of the molecule is CC(C)(C)n1ncc2c(N[C@@H]3C[C@H]3c3cccc(F)c3)ncnc21. The topological polar surface area (TPSA) is 55.6 Å². The molecule has 0 amide bonds. The zero-order valence-corrected chi connectivity index (χ0v) is 14.0. The van der Waals surface area contributed by atoms with Gasteiger partial charge in [-0.3, -0.25) is 0 Å². The standard InChI is InChI=1S/C18H20FN5/c1-18(2,3)24-17-14(9-22-24)16(20-10-21-17)23-15-8-13(15)11-5-4-6-12(19)7-11/h4-7,9-10,13,15H,8H2,1-3H3,(H,20,21,23)/t13-,15+/m0/s1. The van der Waals surface area contributed by atoms with E-state index in [1.807, 2.05) is 16.9 Å². The first-order chi connectivity index (χ1) is 11.4. The number of hydrogen-bond donors (Lipinski definition) is 1. The van der Waals surface area contributed by atoms with E-state index in [0.717, 1.165) is 28.8 Å². The molecule has 5 nitrogen and oxygen atoms in total. The lowest BCUT2D eigenvalue weighted by Crippen LogP contribution is -2.23. The molecule has 1 aliphatic rings. The van der Waals surface area contributed by atoms with Crippen molar-refractivity contribution in [3.05, 3.63) is 48.2 Å². The van der Waals surface area contributed by atoms with Crippen molar-refractivity contribution in [1.29, 1.82) is 0 Å². The highest BCUT2D eigenvalue weighted by Crippen LogP contribution is 2.43. The Kier molecular flexibility index (Phi) is 3.30. The minimum atomic E-state index is -0.186. The summed E-state index contributed by atoms with van der Waals surface area (Å²) < 4.78 is 15.3. The predicted molar refractivity (Wildman–Crippen MR) is 91.5 cm³/mol. The van der Waals surface area contributed by atoms with Gasteiger partial charge in [-0.05, 0) is 44.9 Å². The summed E-state index contributed by atoms with van der Waals surface area (Å²) in [5.74, 6) is 0.928. The van der Waals surface area contributed by atoms with Gasteiger partial charge in [0.1, 0.15) is 18.0 Å². The maximum Gasteiger partial charge on any atom is 0.163 e. The average Bonchev–Trinajstić information content (AvgIpc) is 3.13. The summed E-state index contributed by atoms with van der Waals surface area (Å²) in [6.07, 6.45) is 4.35. The zero-order chi connectivity index (χ0) is 16.9. The smallest absolute Gasteiger partial charge is 0.163 e. The van der Waals surface area contributed by atoms with E-state index in [-0.39, 0.29) is 17.4 Å². The molecule has 2 heterocycles. The van der Waals surface area contributed by atoms with Gasteiger partial charge < -0.3 is 5.32 Å². The number of aromatic nitrogens is 4. The van der Waals surface area contributed by atoms with Crippen LogP contribution in [0, 0.1) is 5.82 Å². The Morgan fingerprint density at radius 1 is 1.25 bits per heavy atom. The van der Waals surface area contributed by atoms with Crippen molar-refractivity contribution in [2.75, 3.05) is 5.32 Å². The second-order valence-corrected chi connectivity index (χ2v) is 7.33. The molecule has 0 bridgehead atoms. The molecule has 2 atom stereocenters. The van der Waals surface area contributed by atoms with Gasteiger partial charge in [-0.1, -0.05) is 12.1 Å². The van der Waals surface area contributed by atoms with Gasteiger partial charge in [0.25, 0.3) is 0 Å². The number of halogens is 1. The molecule has 0 spiro atoms. The van der Waals surface area contributed by atoms with Gasteiger partial charge in [-0.15, -0.1) is 0 Å². The number of nitrogens with zero attached hydrogens (tertiary/aromatic N) is 4. The number of nitrogens with one attached hydrogen (secondary N) is 1. The van der Waals surface area contributed by atoms with Crippen LogP contribution in [0.3, 0.4) is 0 Å². The highest BCUT2D eigenvalue weighted by molar-refractivity contribution is 5.86. The lowest BCUT2D eigenvalue weighted by Gasteiger charge is -2.19. The van der Waals surface area contributed by atoms with Crippen LogP contribution in [0.1, 0.15) is 38.7 Å². The van der Waals surface area contributed by atoms with E-state index in [2.05, 4.69) is 41.2 Å². The van der Waals surface area contributed by atoms with E-state index < -0.39 is 0 Å². The minimum Gasteiger partial charge on any atom is -0.366 e. The minimum absolute atomic E-state index is 0.142. The van der Waals surface area contributed by atoms with Crippen LogP contribution < -0.4 is 5.32 Å². The lowest BCUT2D eigenvalue weighted by molar-refractivity contribution is 0.366. The zero-order valence-electron chi connectivity index (χ0n) is 14.0. The molecule has 6 heteroatoms. The van der Waals surface area contributed by atoms with Gasteiger partial charge in [0.2, 0.25) is 0 Å².